The molecular formula is C9H9IN2. The van der Waals surface area contributed by atoms with E-state index in [1.165, 1.54) is 16.5 Å². The van der Waals surface area contributed by atoms with Gasteiger partial charge in [-0.05, 0) is 53.6 Å². The first-order chi connectivity index (χ1) is 5.70. The molecule has 0 aliphatic carbocycles. The van der Waals surface area contributed by atoms with Gasteiger partial charge in [-0.15, -0.1) is 0 Å². The van der Waals surface area contributed by atoms with E-state index >= 15 is 0 Å². The third-order valence-electron chi connectivity index (χ3n) is 2.21. The summed E-state index contributed by atoms with van der Waals surface area (Å²) >= 11 is 2.28. The fourth-order valence-electron chi connectivity index (χ4n) is 1.34. The van der Waals surface area contributed by atoms with E-state index in [4.69, 9.17) is 0 Å². The molecule has 0 spiro atoms. The molecule has 0 fully saturated rings. The number of nitrogens with zero attached hydrogens (tertiary/aromatic N) is 1. The number of fused-ring (bicyclic) bond motifs is 1. The van der Waals surface area contributed by atoms with Crippen LogP contribution in [0.4, 0.5) is 0 Å². The molecule has 62 valence electrons. The van der Waals surface area contributed by atoms with Crippen LogP contribution in [0.1, 0.15) is 11.1 Å². The van der Waals surface area contributed by atoms with Crippen molar-refractivity contribution in [3.05, 3.63) is 27.0 Å². The molecule has 1 aromatic carbocycles. The minimum atomic E-state index is 1.06. The molecule has 0 radical (unpaired) electrons. The van der Waals surface area contributed by atoms with Gasteiger partial charge in [0.2, 0.25) is 0 Å². The number of hydrogen-bond acceptors (Lipinski definition) is 1. The van der Waals surface area contributed by atoms with Crippen molar-refractivity contribution in [1.29, 1.82) is 0 Å². The molecule has 2 aromatic rings. The van der Waals surface area contributed by atoms with Crippen molar-refractivity contribution in [2.75, 3.05) is 0 Å². The molecule has 0 unspecified atom stereocenters. The van der Waals surface area contributed by atoms with Crippen LogP contribution in [-0.4, -0.2) is 10.2 Å². The number of nitrogens with one attached hydrogen (secondary N) is 1. The smallest absolute Gasteiger partial charge is 0.104 e. The monoisotopic (exact) mass is 272 g/mol. The molecule has 1 N–H and O–H groups in total. The number of hydrogen-bond donors (Lipinski definition) is 1. The lowest BCUT2D eigenvalue weighted by Crippen LogP contribution is -1.82. The minimum Gasteiger partial charge on any atom is -0.271 e. The first-order valence-corrected chi connectivity index (χ1v) is 4.88. The third kappa shape index (κ3) is 1.03. The van der Waals surface area contributed by atoms with E-state index in [2.05, 4.69) is 58.8 Å². The van der Waals surface area contributed by atoms with Gasteiger partial charge in [0.15, 0.2) is 0 Å². The van der Waals surface area contributed by atoms with E-state index in [0.29, 0.717) is 0 Å². The predicted octanol–water partition coefficient (Wildman–Crippen LogP) is 2.78. The van der Waals surface area contributed by atoms with Crippen LogP contribution in [0, 0.1) is 17.5 Å². The Morgan fingerprint density at radius 1 is 1.33 bits per heavy atom. The lowest BCUT2D eigenvalue weighted by atomic mass is 10.1. The second kappa shape index (κ2) is 2.73. The molecule has 0 saturated carbocycles. The minimum absolute atomic E-state index is 1.06. The highest BCUT2D eigenvalue weighted by Crippen LogP contribution is 2.23. The fourth-order valence-corrected chi connectivity index (χ4v) is 2.14. The lowest BCUT2D eigenvalue weighted by molar-refractivity contribution is 1.09. The average Bonchev–Trinajstić information content (AvgIpc) is 2.41. The van der Waals surface area contributed by atoms with Crippen LogP contribution in [-0.2, 0) is 0 Å². The largest absolute Gasteiger partial charge is 0.271 e. The van der Waals surface area contributed by atoms with Crippen molar-refractivity contribution in [3.63, 3.8) is 0 Å². The summed E-state index contributed by atoms with van der Waals surface area (Å²) in [5.41, 5.74) is 3.70. The summed E-state index contributed by atoms with van der Waals surface area (Å²) in [4.78, 5) is 0. The summed E-state index contributed by atoms with van der Waals surface area (Å²) in [5, 5.41) is 8.43. The SMILES string of the molecule is Cc1ccc2n[nH]c(I)c2c1C. The van der Waals surface area contributed by atoms with Crippen molar-refractivity contribution in [3.8, 4) is 0 Å². The molecule has 2 rings (SSSR count). The average molecular weight is 272 g/mol. The van der Waals surface area contributed by atoms with Crippen LogP contribution >= 0.6 is 22.6 Å². The van der Waals surface area contributed by atoms with E-state index < -0.39 is 0 Å². The van der Waals surface area contributed by atoms with E-state index in [9.17, 15) is 0 Å². The molecule has 3 heteroatoms. The van der Waals surface area contributed by atoms with Gasteiger partial charge in [-0.25, -0.2) is 0 Å². The number of benzene rings is 1. The molecule has 0 saturated heterocycles. The summed E-state index contributed by atoms with van der Waals surface area (Å²) < 4.78 is 1.13. The maximum Gasteiger partial charge on any atom is 0.104 e. The number of aromatic amines is 1. The molecule has 0 atom stereocenters. The van der Waals surface area contributed by atoms with Gasteiger partial charge in [0.05, 0.1) is 5.52 Å². The van der Waals surface area contributed by atoms with Crippen LogP contribution < -0.4 is 0 Å². The highest BCUT2D eigenvalue weighted by molar-refractivity contribution is 14.1. The van der Waals surface area contributed by atoms with E-state index in [1.807, 2.05) is 0 Å². The van der Waals surface area contributed by atoms with Crippen molar-refractivity contribution in [2.45, 2.75) is 13.8 Å². The Labute approximate surface area is 84.5 Å². The fraction of sp³-hybridized carbons (Fsp3) is 0.222. The summed E-state index contributed by atoms with van der Waals surface area (Å²) in [6.45, 7) is 4.26. The first-order valence-electron chi connectivity index (χ1n) is 3.80. The molecule has 1 aromatic heterocycles. The van der Waals surface area contributed by atoms with Crippen LogP contribution in [0.5, 0.6) is 0 Å². The van der Waals surface area contributed by atoms with Crippen molar-refractivity contribution in [2.24, 2.45) is 0 Å². The molecule has 0 aliphatic heterocycles. The number of aromatic nitrogens is 2. The first kappa shape index (κ1) is 8.04. The summed E-state index contributed by atoms with van der Waals surface area (Å²) in [7, 11) is 0. The van der Waals surface area contributed by atoms with Gasteiger partial charge in [-0.1, -0.05) is 6.07 Å². The van der Waals surface area contributed by atoms with Gasteiger partial charge < -0.3 is 0 Å². The maximum absolute atomic E-state index is 4.19. The molecular weight excluding hydrogens is 263 g/mol. The van der Waals surface area contributed by atoms with Crippen molar-refractivity contribution < 1.29 is 0 Å². The van der Waals surface area contributed by atoms with Crippen LogP contribution in [0.15, 0.2) is 12.1 Å². The molecule has 12 heavy (non-hydrogen) atoms. The number of aryl methyl sites for hydroxylation is 2. The Hall–Kier alpha value is -0.580. The zero-order valence-electron chi connectivity index (χ0n) is 6.98. The Bertz CT molecular complexity index is 431. The van der Waals surface area contributed by atoms with Crippen molar-refractivity contribution in [1.82, 2.24) is 10.2 Å². The van der Waals surface area contributed by atoms with Gasteiger partial charge in [0, 0.05) is 5.39 Å². The number of rotatable bonds is 0. The number of H-pyrrole nitrogens is 1. The zero-order chi connectivity index (χ0) is 8.72. The van der Waals surface area contributed by atoms with E-state index in [0.717, 1.165) is 9.22 Å². The highest BCUT2D eigenvalue weighted by Gasteiger charge is 2.06. The van der Waals surface area contributed by atoms with Crippen LogP contribution in [0.3, 0.4) is 0 Å². The summed E-state index contributed by atoms with van der Waals surface area (Å²) in [6, 6.07) is 4.16. The number of halogens is 1. The Kier molecular flexibility index (Phi) is 1.83. The third-order valence-corrected chi connectivity index (χ3v) is 2.99. The molecule has 0 bridgehead atoms. The Balaban J connectivity index is 2.96. The van der Waals surface area contributed by atoms with Gasteiger partial charge >= 0.3 is 0 Å². The molecule has 2 nitrogen and oxygen atoms in total. The van der Waals surface area contributed by atoms with Gasteiger partial charge in [0.25, 0.3) is 0 Å². The van der Waals surface area contributed by atoms with Gasteiger partial charge in [-0.2, -0.15) is 5.10 Å². The second-order valence-electron chi connectivity index (χ2n) is 2.94. The van der Waals surface area contributed by atoms with Crippen LogP contribution in [0.2, 0.25) is 0 Å². The maximum atomic E-state index is 4.19. The van der Waals surface area contributed by atoms with Gasteiger partial charge in [0.1, 0.15) is 3.70 Å². The summed E-state index contributed by atoms with van der Waals surface area (Å²) in [5.74, 6) is 0. The quantitative estimate of drug-likeness (QED) is 0.734. The van der Waals surface area contributed by atoms with Crippen molar-refractivity contribution >= 4 is 33.5 Å². The second-order valence-corrected chi connectivity index (χ2v) is 4.02. The van der Waals surface area contributed by atoms with Gasteiger partial charge in [-0.3, -0.25) is 5.10 Å². The normalized spacial score (nSPS) is 10.9. The predicted molar refractivity (Wildman–Crippen MR) is 58.3 cm³/mol. The molecule has 0 amide bonds. The molecule has 1 heterocycles. The van der Waals surface area contributed by atoms with E-state index in [1.54, 1.807) is 0 Å². The van der Waals surface area contributed by atoms with E-state index in [-0.39, 0.29) is 0 Å². The standard InChI is InChI=1S/C9H9IN2/c1-5-3-4-7-8(6(5)2)9(10)12-11-7/h3-4H,1-2H3,(H,11,12). The highest BCUT2D eigenvalue weighted by atomic mass is 127. The summed E-state index contributed by atoms with van der Waals surface area (Å²) in [6.07, 6.45) is 0. The lowest BCUT2D eigenvalue weighted by Gasteiger charge is -1.99. The topological polar surface area (TPSA) is 28.7 Å². The zero-order valence-corrected chi connectivity index (χ0v) is 9.14. The Morgan fingerprint density at radius 2 is 2.08 bits per heavy atom. The molecule has 0 aliphatic rings. The Morgan fingerprint density at radius 3 is 2.83 bits per heavy atom. The van der Waals surface area contributed by atoms with Crippen LogP contribution in [0.25, 0.3) is 10.9 Å².